The molecule has 0 unspecified atom stereocenters. The van der Waals surface area contributed by atoms with Gasteiger partial charge in [0.2, 0.25) is 11.8 Å². The third-order valence-electron chi connectivity index (χ3n) is 4.55. The van der Waals surface area contributed by atoms with Crippen molar-refractivity contribution in [2.45, 2.75) is 12.5 Å². The molecule has 1 fully saturated rings. The Morgan fingerprint density at radius 2 is 2.29 bits per heavy atom. The molecule has 0 saturated carbocycles. The summed E-state index contributed by atoms with van der Waals surface area (Å²) in [6, 6.07) is 3.92. The maximum Gasteiger partial charge on any atom is 0.224 e. The summed E-state index contributed by atoms with van der Waals surface area (Å²) in [5, 5.41) is 7.05. The molecule has 1 N–H and O–H groups in total. The zero-order valence-corrected chi connectivity index (χ0v) is 14.3. The smallest absolute Gasteiger partial charge is 0.224 e. The van der Waals surface area contributed by atoms with Crippen LogP contribution in [0.5, 0.6) is 5.88 Å². The molecule has 3 rings (SSSR count). The normalized spacial score (nSPS) is 21.0. The van der Waals surface area contributed by atoms with E-state index in [4.69, 9.17) is 4.74 Å². The number of nitrogens with one attached hydrogen (secondary N) is 1. The highest BCUT2D eigenvalue weighted by Gasteiger charge is 2.38. The average Bonchev–Trinajstić information content (AvgIpc) is 3.20. The van der Waals surface area contributed by atoms with Gasteiger partial charge in [-0.25, -0.2) is 4.98 Å². The maximum atomic E-state index is 12.3. The monoisotopic (exact) mass is 329 g/mol. The van der Waals surface area contributed by atoms with Gasteiger partial charge in [0.1, 0.15) is 0 Å². The molecule has 2 aromatic heterocycles. The Hall–Kier alpha value is -2.41. The summed E-state index contributed by atoms with van der Waals surface area (Å²) < 4.78 is 6.97. The summed E-state index contributed by atoms with van der Waals surface area (Å²) in [5.41, 5.74) is 2.24. The van der Waals surface area contributed by atoms with Crippen LogP contribution in [0.25, 0.3) is 0 Å². The Bertz CT molecular complexity index is 715. The number of nitrogens with zero attached hydrogens (tertiary/aromatic N) is 4. The molecule has 0 aliphatic carbocycles. The molecule has 1 amide bonds. The topological polar surface area (TPSA) is 72.3 Å². The van der Waals surface area contributed by atoms with Crippen molar-refractivity contribution in [3.63, 3.8) is 0 Å². The van der Waals surface area contributed by atoms with Crippen LogP contribution in [0.1, 0.15) is 17.0 Å². The van der Waals surface area contributed by atoms with E-state index in [0.717, 1.165) is 30.8 Å². The number of hydrogen-bond acceptors (Lipinski definition) is 5. The molecule has 3 heterocycles. The molecule has 24 heavy (non-hydrogen) atoms. The molecule has 7 heteroatoms. The Morgan fingerprint density at radius 3 is 2.96 bits per heavy atom. The molecule has 1 saturated heterocycles. The van der Waals surface area contributed by atoms with Gasteiger partial charge >= 0.3 is 0 Å². The van der Waals surface area contributed by atoms with Crippen LogP contribution in [0.15, 0.2) is 30.7 Å². The number of hydrogen-bond donors (Lipinski definition) is 1. The predicted molar refractivity (Wildman–Crippen MR) is 89.6 cm³/mol. The Morgan fingerprint density at radius 1 is 1.46 bits per heavy atom. The van der Waals surface area contributed by atoms with Gasteiger partial charge < -0.3 is 10.1 Å². The van der Waals surface area contributed by atoms with Crippen molar-refractivity contribution in [2.75, 3.05) is 27.2 Å². The van der Waals surface area contributed by atoms with Gasteiger partial charge in [-0.3, -0.25) is 14.4 Å². The molecule has 1 aliphatic rings. The molecule has 128 valence electrons. The van der Waals surface area contributed by atoms with Crippen LogP contribution < -0.4 is 10.1 Å². The van der Waals surface area contributed by atoms with Crippen LogP contribution in [0, 0.1) is 5.92 Å². The van der Waals surface area contributed by atoms with E-state index in [0.29, 0.717) is 5.88 Å². The molecule has 0 bridgehead atoms. The summed E-state index contributed by atoms with van der Waals surface area (Å²) >= 11 is 0. The number of amides is 1. The van der Waals surface area contributed by atoms with E-state index < -0.39 is 0 Å². The van der Waals surface area contributed by atoms with Crippen LogP contribution in [-0.4, -0.2) is 52.8 Å². The van der Waals surface area contributed by atoms with Crippen molar-refractivity contribution in [1.82, 2.24) is 25.0 Å². The molecule has 1 aliphatic heterocycles. The molecule has 0 spiro atoms. The van der Waals surface area contributed by atoms with Crippen molar-refractivity contribution in [3.05, 3.63) is 41.9 Å². The highest BCUT2D eigenvalue weighted by Crippen LogP contribution is 2.33. The van der Waals surface area contributed by atoms with Crippen LogP contribution >= 0.6 is 0 Å². The van der Waals surface area contributed by atoms with Gasteiger partial charge in [-0.2, -0.15) is 5.10 Å². The number of ether oxygens (including phenoxy) is 1. The molecular weight excluding hydrogens is 306 g/mol. The summed E-state index contributed by atoms with van der Waals surface area (Å²) in [6.07, 6.45) is 5.61. The third kappa shape index (κ3) is 3.41. The van der Waals surface area contributed by atoms with E-state index in [1.54, 1.807) is 25.0 Å². The van der Waals surface area contributed by atoms with Crippen LogP contribution in [0.4, 0.5) is 0 Å². The molecular formula is C17H23N5O2. The summed E-state index contributed by atoms with van der Waals surface area (Å²) in [7, 11) is 5.20. The number of pyridine rings is 1. The first-order chi connectivity index (χ1) is 11.6. The fourth-order valence-electron chi connectivity index (χ4n) is 3.35. The van der Waals surface area contributed by atoms with E-state index >= 15 is 0 Å². The van der Waals surface area contributed by atoms with Crippen molar-refractivity contribution < 1.29 is 9.53 Å². The highest BCUT2D eigenvalue weighted by atomic mass is 16.5. The molecule has 2 aromatic rings. The molecule has 2 atom stereocenters. The second-order valence-electron chi connectivity index (χ2n) is 6.18. The quantitative estimate of drug-likeness (QED) is 0.878. The second kappa shape index (κ2) is 7.00. The zero-order chi connectivity index (χ0) is 17.1. The van der Waals surface area contributed by atoms with Crippen LogP contribution in [0.3, 0.4) is 0 Å². The standard InChI is InChI=1S/C17H23N5O2/c1-18-17(23)15-11-22(8-12-4-5-19-16(6-12)24-3)10-14(15)13-7-20-21(2)9-13/h4-7,9,14-15H,8,10-11H2,1-3H3,(H,18,23)/t14-,15+/m1/s1. The minimum atomic E-state index is -0.0667. The molecule has 0 aromatic carbocycles. The van der Waals surface area contributed by atoms with Gasteiger partial charge in [-0.05, 0) is 17.2 Å². The number of carbonyl (C=O) groups excluding carboxylic acids is 1. The zero-order valence-electron chi connectivity index (χ0n) is 14.3. The average molecular weight is 329 g/mol. The first-order valence-electron chi connectivity index (χ1n) is 8.02. The first-order valence-corrected chi connectivity index (χ1v) is 8.02. The van der Waals surface area contributed by atoms with Gasteiger partial charge in [-0.15, -0.1) is 0 Å². The highest BCUT2D eigenvalue weighted by molar-refractivity contribution is 5.80. The lowest BCUT2D eigenvalue weighted by Gasteiger charge is -2.15. The number of aromatic nitrogens is 3. The van der Waals surface area contributed by atoms with Gasteiger partial charge in [0.25, 0.3) is 0 Å². The Labute approximate surface area is 141 Å². The van der Waals surface area contributed by atoms with E-state index in [1.165, 1.54) is 0 Å². The first kappa shape index (κ1) is 16.4. The largest absolute Gasteiger partial charge is 0.481 e. The number of rotatable bonds is 5. The minimum absolute atomic E-state index is 0.0667. The van der Waals surface area contributed by atoms with Crippen molar-refractivity contribution in [1.29, 1.82) is 0 Å². The summed E-state index contributed by atoms with van der Waals surface area (Å²) in [6.45, 7) is 2.32. The fourth-order valence-corrected chi connectivity index (χ4v) is 3.35. The van der Waals surface area contributed by atoms with E-state index in [-0.39, 0.29) is 17.7 Å². The number of aryl methyl sites for hydroxylation is 1. The fraction of sp³-hybridized carbons (Fsp3) is 0.471. The second-order valence-corrected chi connectivity index (χ2v) is 6.18. The van der Waals surface area contributed by atoms with Gasteiger partial charge in [0.15, 0.2) is 0 Å². The minimum Gasteiger partial charge on any atom is -0.481 e. The number of methoxy groups -OCH3 is 1. The van der Waals surface area contributed by atoms with Crippen molar-refractivity contribution in [2.24, 2.45) is 13.0 Å². The number of likely N-dealkylation sites (tertiary alicyclic amines) is 1. The Kier molecular flexibility index (Phi) is 4.80. The lowest BCUT2D eigenvalue weighted by molar-refractivity contribution is -0.124. The number of carbonyl (C=O) groups is 1. The van der Waals surface area contributed by atoms with Crippen LogP contribution in [-0.2, 0) is 18.4 Å². The molecule has 0 radical (unpaired) electrons. The van der Waals surface area contributed by atoms with E-state index in [1.807, 2.05) is 31.6 Å². The Balaban J connectivity index is 1.77. The van der Waals surface area contributed by atoms with Crippen LogP contribution in [0.2, 0.25) is 0 Å². The van der Waals surface area contributed by atoms with Crippen molar-refractivity contribution in [3.8, 4) is 5.88 Å². The molecule has 7 nitrogen and oxygen atoms in total. The van der Waals surface area contributed by atoms with Gasteiger partial charge in [0, 0.05) is 58.1 Å². The SMILES string of the molecule is CNC(=O)[C@H]1CN(Cc2ccnc(OC)c2)C[C@@H]1c1cnn(C)c1. The van der Waals surface area contributed by atoms with E-state index in [9.17, 15) is 4.79 Å². The third-order valence-corrected chi connectivity index (χ3v) is 4.55. The lowest BCUT2D eigenvalue weighted by atomic mass is 9.90. The van der Waals surface area contributed by atoms with Gasteiger partial charge in [0.05, 0.1) is 19.2 Å². The summed E-state index contributed by atoms with van der Waals surface area (Å²) in [4.78, 5) is 18.7. The predicted octanol–water partition coefficient (Wildman–Crippen LogP) is 0.785. The van der Waals surface area contributed by atoms with Crippen molar-refractivity contribution >= 4 is 5.91 Å². The van der Waals surface area contributed by atoms with Gasteiger partial charge in [-0.1, -0.05) is 0 Å². The summed E-state index contributed by atoms with van der Waals surface area (Å²) in [5.74, 6) is 0.780. The lowest BCUT2D eigenvalue weighted by Crippen LogP contribution is -2.32. The van der Waals surface area contributed by atoms with E-state index in [2.05, 4.69) is 20.3 Å². The maximum absolute atomic E-state index is 12.3.